The van der Waals surface area contributed by atoms with E-state index >= 15 is 0 Å². The van der Waals surface area contributed by atoms with Gasteiger partial charge in [0.05, 0.1) is 11.6 Å². The molecule has 1 fully saturated rings. The molecule has 176 valence electrons. The second-order valence-corrected chi connectivity index (χ2v) is 8.25. The van der Waals surface area contributed by atoms with E-state index in [-0.39, 0.29) is 23.1 Å². The smallest absolute Gasteiger partial charge is 0.335 e. The molecule has 4 rings (SSSR count). The summed E-state index contributed by atoms with van der Waals surface area (Å²) in [5.74, 6) is -1.33. The number of hydrogen-bond acceptors (Lipinski definition) is 5. The Hall–Kier alpha value is -4.41. The zero-order valence-corrected chi connectivity index (χ0v) is 19.2. The number of hydrogen-bond donors (Lipinski definition) is 2. The molecular weight excluding hydrogens is 440 g/mol. The average molecular weight is 467 g/mol. The molecule has 0 spiro atoms. The number of nitrogens with one attached hydrogen (secondary N) is 1. The number of carboxylic acids is 1. The van der Waals surface area contributed by atoms with Gasteiger partial charge in [0, 0.05) is 38.1 Å². The highest BCUT2D eigenvalue weighted by Crippen LogP contribution is 2.29. The van der Waals surface area contributed by atoms with E-state index in [1.54, 1.807) is 17.0 Å². The van der Waals surface area contributed by atoms with Gasteiger partial charge in [0.25, 0.3) is 5.91 Å². The van der Waals surface area contributed by atoms with E-state index in [0.29, 0.717) is 31.9 Å². The van der Waals surface area contributed by atoms with Crippen LogP contribution >= 0.6 is 0 Å². The summed E-state index contributed by atoms with van der Waals surface area (Å²) in [6.45, 7) is 2.40. The lowest BCUT2D eigenvalue weighted by Crippen LogP contribution is -2.50. The first-order chi connectivity index (χ1) is 17.1. The van der Waals surface area contributed by atoms with E-state index < -0.39 is 5.97 Å². The van der Waals surface area contributed by atoms with Crippen LogP contribution in [0.1, 0.15) is 27.5 Å². The predicted molar refractivity (Wildman–Crippen MR) is 134 cm³/mol. The van der Waals surface area contributed by atoms with Gasteiger partial charge in [-0.1, -0.05) is 60.7 Å². The number of amides is 1. The van der Waals surface area contributed by atoms with Gasteiger partial charge in [0.15, 0.2) is 0 Å². The molecule has 0 radical (unpaired) electrons. The van der Waals surface area contributed by atoms with E-state index in [1.165, 1.54) is 29.5 Å². The highest BCUT2D eigenvalue weighted by Gasteiger charge is 2.29. The Morgan fingerprint density at radius 1 is 0.857 bits per heavy atom. The lowest BCUT2D eigenvalue weighted by Gasteiger charge is -2.39. The lowest BCUT2D eigenvalue weighted by molar-refractivity contribution is -0.128. The third-order valence-electron chi connectivity index (χ3n) is 6.06. The Bertz CT molecular complexity index is 1190. The summed E-state index contributed by atoms with van der Waals surface area (Å²) in [6.07, 6.45) is 1.38. The van der Waals surface area contributed by atoms with Crippen molar-refractivity contribution in [2.45, 2.75) is 6.04 Å². The molecule has 1 aliphatic heterocycles. The van der Waals surface area contributed by atoms with Gasteiger partial charge in [0.2, 0.25) is 0 Å². The van der Waals surface area contributed by atoms with Crippen LogP contribution in [0.25, 0.3) is 0 Å². The summed E-state index contributed by atoms with van der Waals surface area (Å²) in [4.78, 5) is 28.1. The fourth-order valence-corrected chi connectivity index (χ4v) is 4.24. The molecule has 3 aromatic carbocycles. The summed E-state index contributed by atoms with van der Waals surface area (Å²) in [7, 11) is 0. The second kappa shape index (κ2) is 11.1. The number of carboxylic acid groups (broad SMARTS) is 1. The first kappa shape index (κ1) is 23.7. The van der Waals surface area contributed by atoms with Crippen molar-refractivity contribution in [3.63, 3.8) is 0 Å². The van der Waals surface area contributed by atoms with Crippen molar-refractivity contribution in [2.24, 2.45) is 0 Å². The van der Waals surface area contributed by atoms with Crippen LogP contribution in [-0.4, -0.2) is 53.0 Å². The maximum absolute atomic E-state index is 13.0. The van der Waals surface area contributed by atoms with Crippen LogP contribution in [0, 0.1) is 11.3 Å². The largest absolute Gasteiger partial charge is 0.478 e. The zero-order chi connectivity index (χ0) is 24.6. The number of rotatable bonds is 7. The molecule has 2 N–H and O–H groups in total. The molecule has 0 aliphatic carbocycles. The van der Waals surface area contributed by atoms with Crippen molar-refractivity contribution in [1.82, 2.24) is 9.80 Å². The normalized spacial score (nSPS) is 14.4. The van der Waals surface area contributed by atoms with Crippen molar-refractivity contribution in [3.8, 4) is 6.07 Å². The topological polar surface area (TPSA) is 96.7 Å². The summed E-state index contributed by atoms with van der Waals surface area (Å²) in [5, 5.41) is 21.5. The van der Waals surface area contributed by atoms with Gasteiger partial charge in [-0.25, -0.2) is 4.79 Å². The fourth-order valence-electron chi connectivity index (χ4n) is 4.24. The number of piperazine rings is 1. The molecule has 0 bridgehead atoms. The highest BCUT2D eigenvalue weighted by molar-refractivity contribution is 5.97. The second-order valence-electron chi connectivity index (χ2n) is 8.25. The maximum Gasteiger partial charge on any atom is 0.335 e. The fraction of sp³-hybridized carbons (Fsp3) is 0.179. The van der Waals surface area contributed by atoms with Crippen molar-refractivity contribution in [1.29, 1.82) is 5.26 Å². The van der Waals surface area contributed by atoms with Gasteiger partial charge in [-0.15, -0.1) is 0 Å². The van der Waals surface area contributed by atoms with Crippen LogP contribution in [-0.2, 0) is 4.79 Å². The number of nitriles is 1. The number of nitrogens with zero attached hydrogens (tertiary/aromatic N) is 3. The monoisotopic (exact) mass is 466 g/mol. The number of aromatic carboxylic acids is 1. The minimum Gasteiger partial charge on any atom is -0.478 e. The Morgan fingerprint density at radius 2 is 1.40 bits per heavy atom. The first-order valence-corrected chi connectivity index (χ1v) is 11.4. The number of anilines is 1. The van der Waals surface area contributed by atoms with Crippen LogP contribution in [0.3, 0.4) is 0 Å². The van der Waals surface area contributed by atoms with Gasteiger partial charge < -0.3 is 15.3 Å². The van der Waals surface area contributed by atoms with E-state index in [2.05, 4.69) is 34.5 Å². The molecule has 7 heteroatoms. The maximum atomic E-state index is 13.0. The molecule has 0 aromatic heterocycles. The minimum atomic E-state index is -1.01. The molecule has 1 aliphatic rings. The number of carbonyl (C=O) groups is 2. The summed E-state index contributed by atoms with van der Waals surface area (Å²) < 4.78 is 0. The van der Waals surface area contributed by atoms with E-state index in [9.17, 15) is 14.9 Å². The standard InChI is InChI=1S/C28H26N4O3/c29-19-24(20-30-25-13-11-23(12-14-25)28(34)35)27(33)32-17-15-31(16-18-32)26(21-7-3-1-4-8-21)22-9-5-2-6-10-22/h1-14,20,26,30H,15-18H2,(H,34,35)/b24-20-. The Balaban J connectivity index is 1.42. The highest BCUT2D eigenvalue weighted by atomic mass is 16.4. The summed E-state index contributed by atoms with van der Waals surface area (Å²) >= 11 is 0. The number of benzene rings is 3. The molecule has 0 unspecified atom stereocenters. The molecule has 3 aromatic rings. The van der Waals surface area contributed by atoms with Crippen molar-refractivity contribution in [2.75, 3.05) is 31.5 Å². The third-order valence-corrected chi connectivity index (χ3v) is 6.06. The SMILES string of the molecule is N#C/C(=C/Nc1ccc(C(=O)O)cc1)C(=O)N1CCN(C(c2ccccc2)c2ccccc2)CC1. The summed E-state index contributed by atoms with van der Waals surface area (Å²) in [5.41, 5.74) is 3.17. The molecule has 0 saturated carbocycles. The Morgan fingerprint density at radius 3 is 1.89 bits per heavy atom. The summed E-state index contributed by atoms with van der Waals surface area (Å²) in [6, 6.07) is 28.8. The van der Waals surface area contributed by atoms with Gasteiger partial charge in [0.1, 0.15) is 11.6 Å². The van der Waals surface area contributed by atoms with Crippen molar-refractivity contribution >= 4 is 17.6 Å². The molecule has 7 nitrogen and oxygen atoms in total. The molecule has 0 atom stereocenters. The molecule has 1 saturated heterocycles. The van der Waals surface area contributed by atoms with Crippen LogP contribution in [0.2, 0.25) is 0 Å². The average Bonchev–Trinajstić information content (AvgIpc) is 2.91. The van der Waals surface area contributed by atoms with Gasteiger partial charge >= 0.3 is 5.97 Å². The minimum absolute atomic E-state index is 0.00318. The molecule has 1 heterocycles. The van der Waals surface area contributed by atoms with E-state index in [1.807, 2.05) is 42.5 Å². The molecular formula is C28H26N4O3. The van der Waals surface area contributed by atoms with Crippen LogP contribution < -0.4 is 5.32 Å². The first-order valence-electron chi connectivity index (χ1n) is 11.4. The van der Waals surface area contributed by atoms with E-state index in [0.717, 1.165) is 0 Å². The van der Waals surface area contributed by atoms with E-state index in [4.69, 9.17) is 5.11 Å². The predicted octanol–water partition coefficient (Wildman–Crippen LogP) is 4.14. The van der Waals surface area contributed by atoms with Crippen LogP contribution in [0.15, 0.2) is 96.7 Å². The molecule has 1 amide bonds. The lowest BCUT2D eigenvalue weighted by atomic mass is 9.96. The Kier molecular flexibility index (Phi) is 7.56. The molecule has 35 heavy (non-hydrogen) atoms. The Labute approximate surface area is 204 Å². The van der Waals surface area contributed by atoms with Crippen LogP contribution in [0.5, 0.6) is 0 Å². The van der Waals surface area contributed by atoms with Crippen molar-refractivity contribution < 1.29 is 14.7 Å². The number of carbonyl (C=O) groups excluding carboxylic acids is 1. The van der Waals surface area contributed by atoms with Gasteiger partial charge in [-0.05, 0) is 35.4 Å². The quantitative estimate of drug-likeness (QED) is 0.401. The van der Waals surface area contributed by atoms with Crippen molar-refractivity contribution in [3.05, 3.63) is 113 Å². The van der Waals surface area contributed by atoms with Crippen LogP contribution in [0.4, 0.5) is 5.69 Å². The van der Waals surface area contributed by atoms with Gasteiger partial charge in [-0.2, -0.15) is 5.26 Å². The third kappa shape index (κ3) is 5.75. The van der Waals surface area contributed by atoms with Gasteiger partial charge in [-0.3, -0.25) is 9.69 Å². The zero-order valence-electron chi connectivity index (χ0n) is 19.2.